The second kappa shape index (κ2) is 7.84. The zero-order valence-electron chi connectivity index (χ0n) is 13.1. The lowest BCUT2D eigenvalue weighted by Crippen LogP contribution is -2.53. The monoisotopic (exact) mass is 282 g/mol. The maximum absolute atomic E-state index is 11.9. The van der Waals surface area contributed by atoms with Crippen LogP contribution < -0.4 is 5.32 Å². The molecule has 0 bridgehead atoms. The number of piperazine rings is 1. The molecule has 5 nitrogen and oxygen atoms in total. The van der Waals surface area contributed by atoms with Crippen LogP contribution in [-0.2, 0) is 0 Å². The highest BCUT2D eigenvalue weighted by molar-refractivity contribution is 5.74. The minimum Gasteiger partial charge on any atom is -0.336 e. The lowest BCUT2D eigenvalue weighted by Gasteiger charge is -2.36. The molecule has 0 aromatic rings. The van der Waals surface area contributed by atoms with E-state index in [1.165, 1.54) is 38.9 Å². The van der Waals surface area contributed by atoms with E-state index >= 15 is 0 Å². The Morgan fingerprint density at radius 3 is 2.00 bits per heavy atom. The molecule has 0 aliphatic carbocycles. The van der Waals surface area contributed by atoms with Crippen molar-refractivity contribution in [1.82, 2.24) is 20.0 Å². The van der Waals surface area contributed by atoms with Gasteiger partial charge in [0.15, 0.2) is 0 Å². The van der Waals surface area contributed by atoms with Crippen LogP contribution in [0.25, 0.3) is 0 Å². The van der Waals surface area contributed by atoms with Gasteiger partial charge < -0.3 is 15.1 Å². The van der Waals surface area contributed by atoms with E-state index in [0.29, 0.717) is 0 Å². The number of urea groups is 1. The summed E-state index contributed by atoms with van der Waals surface area (Å²) in [4.78, 5) is 18.9. The Hall–Kier alpha value is -0.810. The third-order valence-electron chi connectivity index (χ3n) is 4.25. The van der Waals surface area contributed by atoms with Crippen molar-refractivity contribution in [2.75, 3.05) is 52.4 Å². The number of hydrogen-bond acceptors (Lipinski definition) is 3. The smallest absolute Gasteiger partial charge is 0.317 e. The fourth-order valence-electron chi connectivity index (χ4n) is 2.98. The topological polar surface area (TPSA) is 38.8 Å². The number of nitrogens with one attached hydrogen (secondary N) is 1. The molecule has 1 N–H and O–H groups in total. The third kappa shape index (κ3) is 4.94. The van der Waals surface area contributed by atoms with Crippen LogP contribution in [0.15, 0.2) is 0 Å². The van der Waals surface area contributed by atoms with Crippen LogP contribution in [0.2, 0.25) is 0 Å². The van der Waals surface area contributed by atoms with Gasteiger partial charge in [0.25, 0.3) is 0 Å². The van der Waals surface area contributed by atoms with E-state index in [1.54, 1.807) is 0 Å². The van der Waals surface area contributed by atoms with Crippen LogP contribution in [0, 0.1) is 0 Å². The van der Waals surface area contributed by atoms with Gasteiger partial charge in [-0.1, -0.05) is 6.42 Å². The normalized spacial score (nSPS) is 22.2. The summed E-state index contributed by atoms with van der Waals surface area (Å²) in [5.74, 6) is 0. The minimum absolute atomic E-state index is 0.0932. The van der Waals surface area contributed by atoms with Gasteiger partial charge in [-0.15, -0.1) is 0 Å². The Kier molecular flexibility index (Phi) is 6.10. The predicted molar refractivity (Wildman–Crippen MR) is 82.0 cm³/mol. The van der Waals surface area contributed by atoms with Gasteiger partial charge in [-0.3, -0.25) is 4.90 Å². The molecule has 0 saturated carbocycles. The first-order chi connectivity index (χ1) is 9.65. The van der Waals surface area contributed by atoms with Crippen molar-refractivity contribution in [2.24, 2.45) is 0 Å². The van der Waals surface area contributed by atoms with Crippen molar-refractivity contribution in [3.63, 3.8) is 0 Å². The van der Waals surface area contributed by atoms with Gasteiger partial charge in [-0.2, -0.15) is 0 Å². The van der Waals surface area contributed by atoms with E-state index in [4.69, 9.17) is 0 Å². The Bertz CT molecular complexity index is 294. The highest BCUT2D eigenvalue weighted by Gasteiger charge is 2.21. The first-order valence-corrected chi connectivity index (χ1v) is 8.15. The summed E-state index contributed by atoms with van der Waals surface area (Å²) in [6.07, 6.45) is 4.13. The molecule has 5 heteroatoms. The molecule has 2 aliphatic heterocycles. The molecule has 2 fully saturated rings. The summed E-state index contributed by atoms with van der Waals surface area (Å²) in [6, 6.07) is 0.315. The summed E-state index contributed by atoms with van der Waals surface area (Å²) in [6.45, 7) is 12.7. The van der Waals surface area contributed by atoms with Crippen LogP contribution in [0.4, 0.5) is 4.79 Å². The molecule has 2 saturated heterocycles. The second-order valence-corrected chi connectivity index (χ2v) is 6.34. The number of amides is 2. The molecule has 0 aromatic heterocycles. The number of piperidine rings is 1. The minimum atomic E-state index is 0.0932. The maximum atomic E-state index is 11.9. The highest BCUT2D eigenvalue weighted by atomic mass is 16.2. The van der Waals surface area contributed by atoms with Gasteiger partial charge in [-0.25, -0.2) is 4.79 Å². The van der Waals surface area contributed by atoms with Crippen molar-refractivity contribution in [1.29, 1.82) is 0 Å². The summed E-state index contributed by atoms with van der Waals surface area (Å²) in [5, 5.41) is 2.97. The molecule has 20 heavy (non-hydrogen) atoms. The Morgan fingerprint density at radius 2 is 1.45 bits per heavy atom. The van der Waals surface area contributed by atoms with E-state index in [1.807, 2.05) is 18.7 Å². The molecule has 2 aliphatic rings. The van der Waals surface area contributed by atoms with Gasteiger partial charge in [0.05, 0.1) is 0 Å². The van der Waals surface area contributed by atoms with E-state index in [-0.39, 0.29) is 12.1 Å². The van der Waals surface area contributed by atoms with Crippen molar-refractivity contribution in [3.05, 3.63) is 0 Å². The first kappa shape index (κ1) is 15.6. The summed E-state index contributed by atoms with van der Waals surface area (Å²) < 4.78 is 0. The highest BCUT2D eigenvalue weighted by Crippen LogP contribution is 2.09. The summed E-state index contributed by atoms with van der Waals surface area (Å²) >= 11 is 0. The fourth-order valence-corrected chi connectivity index (χ4v) is 2.98. The average molecular weight is 282 g/mol. The lowest BCUT2D eigenvalue weighted by molar-refractivity contribution is 0.122. The predicted octanol–water partition coefficient (Wildman–Crippen LogP) is 1.21. The van der Waals surface area contributed by atoms with Crippen LogP contribution >= 0.6 is 0 Å². The molecule has 0 radical (unpaired) electrons. The Balaban J connectivity index is 1.62. The van der Waals surface area contributed by atoms with Gasteiger partial charge in [0.1, 0.15) is 0 Å². The quantitative estimate of drug-likeness (QED) is 0.842. The molecule has 2 rings (SSSR count). The second-order valence-electron chi connectivity index (χ2n) is 6.34. The van der Waals surface area contributed by atoms with Crippen LogP contribution in [0.5, 0.6) is 0 Å². The van der Waals surface area contributed by atoms with Gasteiger partial charge >= 0.3 is 6.03 Å². The number of carbonyl (C=O) groups is 1. The third-order valence-corrected chi connectivity index (χ3v) is 4.25. The van der Waals surface area contributed by atoms with Crippen LogP contribution in [0.1, 0.15) is 33.1 Å². The molecular formula is C15H30N4O. The lowest BCUT2D eigenvalue weighted by atomic mass is 10.1. The number of rotatable bonds is 4. The molecule has 0 atom stereocenters. The van der Waals surface area contributed by atoms with Gasteiger partial charge in [0, 0.05) is 45.3 Å². The Labute approximate surface area is 123 Å². The number of nitrogens with zero attached hydrogens (tertiary/aromatic N) is 3. The zero-order valence-corrected chi connectivity index (χ0v) is 13.1. The molecular weight excluding hydrogens is 252 g/mol. The number of likely N-dealkylation sites (tertiary alicyclic amines) is 1. The number of hydrogen-bond donors (Lipinski definition) is 1. The molecule has 0 unspecified atom stereocenters. The van der Waals surface area contributed by atoms with Crippen molar-refractivity contribution in [3.8, 4) is 0 Å². The van der Waals surface area contributed by atoms with E-state index < -0.39 is 0 Å². The SMILES string of the molecule is CC(C)NC(=O)N1CCN(CCN2CCCCC2)CC1. The van der Waals surface area contributed by atoms with Crippen molar-refractivity contribution >= 4 is 6.03 Å². The molecule has 2 heterocycles. The molecule has 116 valence electrons. The fraction of sp³-hybridized carbons (Fsp3) is 0.933. The summed E-state index contributed by atoms with van der Waals surface area (Å²) in [5.41, 5.74) is 0. The Morgan fingerprint density at radius 1 is 0.900 bits per heavy atom. The molecule has 2 amide bonds. The van der Waals surface area contributed by atoms with E-state index in [2.05, 4.69) is 15.1 Å². The maximum Gasteiger partial charge on any atom is 0.317 e. The van der Waals surface area contributed by atoms with Crippen molar-refractivity contribution < 1.29 is 4.79 Å². The van der Waals surface area contributed by atoms with Crippen LogP contribution in [-0.4, -0.2) is 79.1 Å². The van der Waals surface area contributed by atoms with Crippen LogP contribution in [0.3, 0.4) is 0 Å². The van der Waals surface area contributed by atoms with Gasteiger partial charge in [-0.05, 0) is 39.8 Å². The standard InChI is InChI=1S/C15H30N4O/c1-14(2)16-15(20)19-12-10-18(11-13-19)9-8-17-6-4-3-5-7-17/h14H,3-13H2,1-2H3,(H,16,20). The first-order valence-electron chi connectivity index (χ1n) is 8.15. The van der Waals surface area contributed by atoms with E-state index in [9.17, 15) is 4.79 Å². The number of carbonyl (C=O) groups excluding carboxylic acids is 1. The molecule has 0 aromatic carbocycles. The largest absolute Gasteiger partial charge is 0.336 e. The average Bonchev–Trinajstić information content (AvgIpc) is 2.46. The van der Waals surface area contributed by atoms with Gasteiger partial charge in [0.2, 0.25) is 0 Å². The molecule has 0 spiro atoms. The summed E-state index contributed by atoms with van der Waals surface area (Å²) in [7, 11) is 0. The van der Waals surface area contributed by atoms with E-state index in [0.717, 1.165) is 32.7 Å². The zero-order chi connectivity index (χ0) is 14.4. The van der Waals surface area contributed by atoms with Crippen molar-refractivity contribution in [2.45, 2.75) is 39.2 Å².